The molecule has 9 heteroatoms. The maximum absolute atomic E-state index is 12.0. The number of aliphatic imine (C=N–C) groups is 1. The zero-order chi connectivity index (χ0) is 18.0. The van der Waals surface area contributed by atoms with Crippen LogP contribution < -0.4 is 10.6 Å². The normalized spacial score (nSPS) is 24.0. The highest BCUT2D eigenvalue weighted by Gasteiger charge is 2.42. The Labute approximate surface area is 152 Å². The zero-order valence-corrected chi connectivity index (χ0v) is 15.9. The fourth-order valence-electron chi connectivity index (χ4n) is 2.74. The van der Waals surface area contributed by atoms with Gasteiger partial charge in [0, 0.05) is 29.6 Å². The second-order valence-electron chi connectivity index (χ2n) is 6.50. The van der Waals surface area contributed by atoms with E-state index in [1.807, 2.05) is 31.1 Å². The number of nitrogens with zero attached hydrogens (tertiary/aromatic N) is 2. The SMILES string of the molecule is CN(C)CCNC(=O)c1ccc(NC2=N[C@@H]3CS(=O)(=O)C[C@@H]3S2)cc1. The molecule has 1 amide bonds. The van der Waals surface area contributed by atoms with Crippen LogP contribution >= 0.6 is 11.8 Å². The van der Waals surface area contributed by atoms with E-state index in [-0.39, 0.29) is 28.7 Å². The molecule has 2 atom stereocenters. The molecule has 25 heavy (non-hydrogen) atoms. The number of amidine groups is 1. The third-order valence-electron chi connectivity index (χ3n) is 4.06. The summed E-state index contributed by atoms with van der Waals surface area (Å²) in [5.41, 5.74) is 1.44. The van der Waals surface area contributed by atoms with E-state index in [1.165, 1.54) is 11.8 Å². The highest BCUT2D eigenvalue weighted by atomic mass is 32.2. The quantitative estimate of drug-likeness (QED) is 0.777. The average molecular weight is 383 g/mol. The van der Waals surface area contributed by atoms with Gasteiger partial charge >= 0.3 is 0 Å². The number of nitrogens with one attached hydrogen (secondary N) is 2. The van der Waals surface area contributed by atoms with Gasteiger partial charge in [0.25, 0.3) is 5.91 Å². The second kappa shape index (κ2) is 7.35. The summed E-state index contributed by atoms with van der Waals surface area (Å²) in [5, 5.41) is 6.84. The van der Waals surface area contributed by atoms with E-state index in [0.29, 0.717) is 12.1 Å². The minimum Gasteiger partial charge on any atom is -0.351 e. The van der Waals surface area contributed by atoms with Gasteiger partial charge in [0.15, 0.2) is 15.0 Å². The summed E-state index contributed by atoms with van der Waals surface area (Å²) < 4.78 is 23.2. The molecule has 7 nitrogen and oxygen atoms in total. The van der Waals surface area contributed by atoms with Gasteiger partial charge in [0.2, 0.25) is 0 Å². The van der Waals surface area contributed by atoms with Crippen LogP contribution in [0.3, 0.4) is 0 Å². The molecule has 1 aromatic rings. The summed E-state index contributed by atoms with van der Waals surface area (Å²) in [6.07, 6.45) is 0. The van der Waals surface area contributed by atoms with E-state index >= 15 is 0 Å². The first-order valence-corrected chi connectivity index (χ1v) is 10.8. The summed E-state index contributed by atoms with van der Waals surface area (Å²) in [6, 6.07) is 7.04. The number of benzene rings is 1. The first-order chi connectivity index (χ1) is 11.8. The lowest BCUT2D eigenvalue weighted by atomic mass is 10.2. The Morgan fingerprint density at radius 1 is 1.28 bits per heavy atom. The summed E-state index contributed by atoms with van der Waals surface area (Å²) in [5.74, 6) is 0.242. The Morgan fingerprint density at radius 2 is 2.00 bits per heavy atom. The molecule has 0 unspecified atom stereocenters. The fraction of sp³-hybridized carbons (Fsp3) is 0.500. The van der Waals surface area contributed by atoms with Crippen LogP contribution in [0, 0.1) is 0 Å². The van der Waals surface area contributed by atoms with Crippen LogP contribution in [0.4, 0.5) is 5.69 Å². The first kappa shape index (κ1) is 18.2. The first-order valence-electron chi connectivity index (χ1n) is 8.07. The minimum atomic E-state index is -2.93. The summed E-state index contributed by atoms with van der Waals surface area (Å²) in [7, 11) is 0.983. The predicted molar refractivity (Wildman–Crippen MR) is 102 cm³/mol. The third kappa shape index (κ3) is 4.74. The molecule has 0 saturated carbocycles. The Morgan fingerprint density at radius 3 is 2.64 bits per heavy atom. The van der Waals surface area contributed by atoms with Gasteiger partial charge in [-0.1, -0.05) is 11.8 Å². The molecule has 2 N–H and O–H groups in total. The third-order valence-corrected chi connectivity index (χ3v) is 7.20. The number of rotatable bonds is 5. The number of thioether (sulfide) groups is 1. The fourth-order valence-corrected chi connectivity index (χ4v) is 6.42. The van der Waals surface area contributed by atoms with E-state index in [9.17, 15) is 13.2 Å². The van der Waals surface area contributed by atoms with E-state index in [0.717, 1.165) is 17.4 Å². The molecule has 2 heterocycles. The monoisotopic (exact) mass is 382 g/mol. The van der Waals surface area contributed by atoms with Crippen molar-refractivity contribution in [1.29, 1.82) is 0 Å². The van der Waals surface area contributed by atoms with Crippen LogP contribution in [-0.2, 0) is 9.84 Å². The van der Waals surface area contributed by atoms with Crippen LogP contribution in [0.5, 0.6) is 0 Å². The maximum Gasteiger partial charge on any atom is 0.251 e. The number of sulfone groups is 1. The lowest BCUT2D eigenvalue weighted by Gasteiger charge is -2.11. The number of carbonyl (C=O) groups is 1. The van der Waals surface area contributed by atoms with Crippen molar-refractivity contribution in [2.24, 2.45) is 4.99 Å². The lowest BCUT2D eigenvalue weighted by molar-refractivity contribution is 0.0951. The molecule has 136 valence electrons. The summed E-state index contributed by atoms with van der Waals surface area (Å²) >= 11 is 1.48. The van der Waals surface area contributed by atoms with Crippen molar-refractivity contribution < 1.29 is 13.2 Å². The minimum absolute atomic E-state index is 0.0225. The van der Waals surface area contributed by atoms with E-state index in [4.69, 9.17) is 0 Å². The summed E-state index contributed by atoms with van der Waals surface area (Å²) in [6.45, 7) is 1.39. The number of hydrogen-bond donors (Lipinski definition) is 2. The molecule has 3 rings (SSSR count). The van der Waals surface area contributed by atoms with Gasteiger partial charge in [0.05, 0.1) is 17.5 Å². The highest BCUT2D eigenvalue weighted by molar-refractivity contribution is 8.15. The molecule has 1 aromatic carbocycles. The number of amides is 1. The predicted octanol–water partition coefficient (Wildman–Crippen LogP) is 0.658. The highest BCUT2D eigenvalue weighted by Crippen LogP contribution is 2.34. The molecular weight excluding hydrogens is 360 g/mol. The number of likely N-dealkylation sites (N-methyl/N-ethyl adjacent to an activating group) is 1. The standard InChI is InChI=1S/C16H22N4O3S2/c1-20(2)8-7-17-15(21)11-3-5-12(6-4-11)18-16-19-13-9-25(22,23)10-14(13)24-16/h3-6,13-14H,7-10H2,1-2H3,(H,17,21)(H,18,19)/t13-,14+/m1/s1. The van der Waals surface area contributed by atoms with Gasteiger partial charge in [-0.15, -0.1) is 0 Å². The van der Waals surface area contributed by atoms with Gasteiger partial charge in [-0.3, -0.25) is 9.79 Å². The van der Waals surface area contributed by atoms with Gasteiger partial charge in [0.1, 0.15) is 0 Å². The lowest BCUT2D eigenvalue weighted by Crippen LogP contribution is -2.31. The Balaban J connectivity index is 1.54. The number of carbonyl (C=O) groups excluding carboxylic acids is 1. The van der Waals surface area contributed by atoms with Crippen LogP contribution in [0.2, 0.25) is 0 Å². The topological polar surface area (TPSA) is 90.9 Å². The summed E-state index contributed by atoms with van der Waals surface area (Å²) in [4.78, 5) is 18.5. The van der Waals surface area contributed by atoms with Crippen molar-refractivity contribution in [2.75, 3.05) is 44.0 Å². The Bertz CT molecular complexity index is 775. The van der Waals surface area contributed by atoms with Crippen LogP contribution in [0.15, 0.2) is 29.3 Å². The largest absolute Gasteiger partial charge is 0.351 e. The van der Waals surface area contributed by atoms with Crippen LogP contribution in [0.1, 0.15) is 10.4 Å². The molecule has 0 spiro atoms. The molecule has 1 fully saturated rings. The maximum atomic E-state index is 12.0. The van der Waals surface area contributed by atoms with Gasteiger partial charge in [-0.05, 0) is 38.4 Å². The molecule has 0 aromatic heterocycles. The molecule has 0 aliphatic carbocycles. The molecule has 0 bridgehead atoms. The van der Waals surface area contributed by atoms with Crippen molar-refractivity contribution in [3.63, 3.8) is 0 Å². The van der Waals surface area contributed by atoms with Crippen molar-refractivity contribution in [2.45, 2.75) is 11.3 Å². The molecular formula is C16H22N4O3S2. The zero-order valence-electron chi connectivity index (χ0n) is 14.2. The van der Waals surface area contributed by atoms with Crippen LogP contribution in [0.25, 0.3) is 0 Å². The smallest absolute Gasteiger partial charge is 0.251 e. The van der Waals surface area contributed by atoms with Crippen molar-refractivity contribution >= 4 is 38.4 Å². The van der Waals surface area contributed by atoms with Gasteiger partial charge in [-0.25, -0.2) is 8.42 Å². The number of anilines is 1. The molecule has 0 radical (unpaired) electrons. The average Bonchev–Trinajstić information content (AvgIpc) is 3.00. The van der Waals surface area contributed by atoms with E-state index < -0.39 is 9.84 Å². The van der Waals surface area contributed by atoms with Gasteiger partial charge < -0.3 is 15.5 Å². The van der Waals surface area contributed by atoms with E-state index in [1.54, 1.807) is 12.1 Å². The number of hydrogen-bond acceptors (Lipinski definition) is 7. The Hall–Kier alpha value is -1.58. The molecule has 1 saturated heterocycles. The van der Waals surface area contributed by atoms with Crippen LogP contribution in [-0.4, -0.2) is 74.4 Å². The second-order valence-corrected chi connectivity index (χ2v) is 9.88. The van der Waals surface area contributed by atoms with Crippen molar-refractivity contribution in [1.82, 2.24) is 10.2 Å². The van der Waals surface area contributed by atoms with E-state index in [2.05, 4.69) is 15.6 Å². The molecule has 2 aliphatic heterocycles. The van der Waals surface area contributed by atoms with Crippen molar-refractivity contribution in [3.8, 4) is 0 Å². The number of fused-ring (bicyclic) bond motifs is 1. The molecule has 2 aliphatic rings. The van der Waals surface area contributed by atoms with Crippen molar-refractivity contribution in [3.05, 3.63) is 29.8 Å². The van der Waals surface area contributed by atoms with Gasteiger partial charge in [-0.2, -0.15) is 0 Å². The Kier molecular flexibility index (Phi) is 5.35.